The molecule has 0 bridgehead atoms. The Morgan fingerprint density at radius 2 is 1.62 bits per heavy atom. The second kappa shape index (κ2) is 4.09. The molecule has 102 valence electrons. The van der Waals surface area contributed by atoms with Crippen LogP contribution in [0.3, 0.4) is 0 Å². The van der Waals surface area contributed by atoms with E-state index in [1.54, 1.807) is 16.8 Å². The van der Waals surface area contributed by atoms with E-state index >= 15 is 0 Å². The van der Waals surface area contributed by atoms with Crippen molar-refractivity contribution in [1.29, 1.82) is 0 Å². The van der Waals surface area contributed by atoms with Gasteiger partial charge in [-0.25, -0.2) is 13.8 Å². The lowest BCUT2D eigenvalue weighted by atomic mass is 10.1. The number of nitrogens with zero attached hydrogens (tertiary/aromatic N) is 2. The fourth-order valence-electron chi connectivity index (χ4n) is 2.64. The quantitative estimate of drug-likeness (QED) is 0.496. The van der Waals surface area contributed by atoms with Crippen LogP contribution in [0.2, 0.25) is 0 Å². The van der Waals surface area contributed by atoms with Crippen molar-refractivity contribution in [3.63, 3.8) is 0 Å². The average Bonchev–Trinajstić information content (AvgIpc) is 2.92. The Labute approximate surface area is 117 Å². The molecule has 3 nitrogen and oxygen atoms in total. The summed E-state index contributed by atoms with van der Waals surface area (Å²) in [7, 11) is 0. The van der Waals surface area contributed by atoms with Crippen LogP contribution in [0, 0.1) is 11.6 Å². The smallest absolute Gasteiger partial charge is 0.195 e. The molecule has 0 aliphatic rings. The van der Waals surface area contributed by atoms with E-state index in [-0.39, 0.29) is 10.8 Å². The Balaban J connectivity index is 2.48. The van der Waals surface area contributed by atoms with Gasteiger partial charge in [0.2, 0.25) is 0 Å². The normalized spacial score (nSPS) is 11.5. The molecule has 0 spiro atoms. The molecule has 0 fully saturated rings. The minimum Gasteiger partial charge on any atom is -0.299 e. The first kappa shape index (κ1) is 12.0. The van der Waals surface area contributed by atoms with Crippen LogP contribution < -0.4 is 5.43 Å². The van der Waals surface area contributed by atoms with Crippen LogP contribution in [0.1, 0.15) is 0 Å². The third-order valence-electron chi connectivity index (χ3n) is 3.57. The predicted octanol–water partition coefficient (Wildman–Crippen LogP) is 3.28. The standard InChI is InChI=1S/C16H8F2N2O/c17-9-1-3-11-13(7-9)15(21)12-4-2-10(18)8-14(12)20-6-5-19-16(11)20/h1-8H. The zero-order valence-electron chi connectivity index (χ0n) is 10.7. The molecule has 0 amide bonds. The van der Waals surface area contributed by atoms with Gasteiger partial charge in [0.05, 0.1) is 5.52 Å². The van der Waals surface area contributed by atoms with Gasteiger partial charge in [-0.3, -0.25) is 9.20 Å². The minimum absolute atomic E-state index is 0.229. The van der Waals surface area contributed by atoms with E-state index in [0.29, 0.717) is 21.9 Å². The van der Waals surface area contributed by atoms with Gasteiger partial charge < -0.3 is 0 Å². The van der Waals surface area contributed by atoms with Crippen LogP contribution in [0.5, 0.6) is 0 Å². The number of aromatic nitrogens is 2. The van der Waals surface area contributed by atoms with Crippen LogP contribution in [0.25, 0.3) is 27.3 Å². The number of hydrogen-bond acceptors (Lipinski definition) is 2. The molecule has 0 aliphatic heterocycles. The van der Waals surface area contributed by atoms with Crippen LogP contribution in [-0.2, 0) is 0 Å². The summed E-state index contributed by atoms with van der Waals surface area (Å²) >= 11 is 0. The maximum Gasteiger partial charge on any atom is 0.195 e. The highest BCUT2D eigenvalue weighted by Gasteiger charge is 2.11. The van der Waals surface area contributed by atoms with Gasteiger partial charge in [-0.1, -0.05) is 0 Å². The SMILES string of the molecule is O=c1c2cc(F)ccc2c2nccn2c2cc(F)ccc12. The van der Waals surface area contributed by atoms with E-state index in [0.717, 1.165) is 0 Å². The maximum absolute atomic E-state index is 13.5. The van der Waals surface area contributed by atoms with Crippen molar-refractivity contribution < 1.29 is 8.78 Å². The first-order chi connectivity index (χ1) is 10.1. The van der Waals surface area contributed by atoms with Crippen LogP contribution in [-0.4, -0.2) is 9.38 Å². The Kier molecular flexibility index (Phi) is 2.33. The van der Waals surface area contributed by atoms with Gasteiger partial charge in [-0.15, -0.1) is 0 Å². The van der Waals surface area contributed by atoms with Crippen molar-refractivity contribution in [3.05, 3.63) is 70.6 Å². The number of halogens is 2. The molecule has 0 saturated heterocycles. The summed E-state index contributed by atoms with van der Waals surface area (Å²) in [6.45, 7) is 0. The zero-order chi connectivity index (χ0) is 14.6. The highest BCUT2D eigenvalue weighted by atomic mass is 19.1. The molecule has 0 aliphatic carbocycles. The summed E-state index contributed by atoms with van der Waals surface area (Å²) in [6, 6.07) is 7.90. The molecular formula is C16H8F2N2O. The molecule has 0 atom stereocenters. The third kappa shape index (κ3) is 1.64. The Morgan fingerprint density at radius 1 is 0.905 bits per heavy atom. The van der Waals surface area contributed by atoms with Crippen LogP contribution in [0.4, 0.5) is 8.78 Å². The second-order valence-electron chi connectivity index (χ2n) is 4.80. The van der Waals surface area contributed by atoms with E-state index in [2.05, 4.69) is 4.98 Å². The molecule has 2 aromatic carbocycles. The van der Waals surface area contributed by atoms with Gasteiger partial charge >= 0.3 is 0 Å². The monoisotopic (exact) mass is 282 g/mol. The topological polar surface area (TPSA) is 34.4 Å². The van der Waals surface area contributed by atoms with Crippen LogP contribution in [0.15, 0.2) is 53.6 Å². The van der Waals surface area contributed by atoms with Crippen molar-refractivity contribution in [2.45, 2.75) is 0 Å². The van der Waals surface area contributed by atoms with E-state index in [9.17, 15) is 13.6 Å². The molecule has 0 saturated carbocycles. The summed E-state index contributed by atoms with van der Waals surface area (Å²) < 4.78 is 28.7. The first-order valence-electron chi connectivity index (χ1n) is 6.33. The molecule has 0 unspecified atom stereocenters. The van der Waals surface area contributed by atoms with E-state index in [1.165, 1.54) is 36.4 Å². The Morgan fingerprint density at radius 3 is 2.43 bits per heavy atom. The van der Waals surface area contributed by atoms with Crippen molar-refractivity contribution in [3.8, 4) is 0 Å². The highest BCUT2D eigenvalue weighted by molar-refractivity contribution is 5.99. The largest absolute Gasteiger partial charge is 0.299 e. The fraction of sp³-hybridized carbons (Fsp3) is 0. The van der Waals surface area contributed by atoms with Gasteiger partial charge in [-0.05, 0) is 36.4 Å². The second-order valence-corrected chi connectivity index (χ2v) is 4.80. The lowest BCUT2D eigenvalue weighted by molar-refractivity contribution is 0.629. The number of imidazole rings is 1. The van der Waals surface area contributed by atoms with Gasteiger partial charge in [0.25, 0.3) is 0 Å². The molecular weight excluding hydrogens is 274 g/mol. The first-order valence-corrected chi connectivity index (χ1v) is 6.33. The summed E-state index contributed by atoms with van der Waals surface area (Å²) in [5.74, 6) is -0.941. The number of rotatable bonds is 0. The Bertz CT molecular complexity index is 1090. The lowest BCUT2D eigenvalue weighted by Crippen LogP contribution is -1.99. The van der Waals surface area contributed by atoms with Gasteiger partial charge in [0.1, 0.15) is 17.3 Å². The summed E-state index contributed by atoms with van der Waals surface area (Å²) in [5, 5.41) is 1.08. The highest BCUT2D eigenvalue weighted by Crippen LogP contribution is 2.21. The lowest BCUT2D eigenvalue weighted by Gasteiger charge is -1.96. The summed E-state index contributed by atoms with van der Waals surface area (Å²) in [6.07, 6.45) is 3.21. The number of hydrogen-bond donors (Lipinski definition) is 0. The fourth-order valence-corrected chi connectivity index (χ4v) is 2.64. The number of benzene rings is 2. The van der Waals surface area contributed by atoms with Crippen molar-refractivity contribution in [1.82, 2.24) is 9.38 Å². The summed E-state index contributed by atoms with van der Waals surface area (Å²) in [5.41, 5.74) is 0.553. The Hall–Kier alpha value is -2.82. The molecule has 0 N–H and O–H groups in total. The molecule has 2 aromatic heterocycles. The summed E-state index contributed by atoms with van der Waals surface area (Å²) in [4.78, 5) is 16.8. The van der Waals surface area contributed by atoms with E-state index < -0.39 is 11.6 Å². The molecule has 4 rings (SSSR count). The van der Waals surface area contributed by atoms with E-state index in [4.69, 9.17) is 0 Å². The van der Waals surface area contributed by atoms with Crippen molar-refractivity contribution in [2.24, 2.45) is 0 Å². The minimum atomic E-state index is -0.495. The molecule has 2 heterocycles. The average molecular weight is 282 g/mol. The predicted molar refractivity (Wildman–Crippen MR) is 76.4 cm³/mol. The van der Waals surface area contributed by atoms with Gasteiger partial charge in [0.15, 0.2) is 5.43 Å². The van der Waals surface area contributed by atoms with Gasteiger partial charge in [0, 0.05) is 28.6 Å². The molecule has 0 radical (unpaired) electrons. The third-order valence-corrected chi connectivity index (χ3v) is 3.57. The van der Waals surface area contributed by atoms with Crippen molar-refractivity contribution >= 4 is 27.3 Å². The maximum atomic E-state index is 13.5. The number of fused-ring (bicyclic) bond motifs is 5. The molecule has 5 heteroatoms. The molecule has 21 heavy (non-hydrogen) atoms. The van der Waals surface area contributed by atoms with E-state index in [1.807, 2.05) is 0 Å². The van der Waals surface area contributed by atoms with Crippen LogP contribution >= 0.6 is 0 Å². The zero-order valence-corrected chi connectivity index (χ0v) is 10.7. The molecule has 4 aromatic rings. The van der Waals surface area contributed by atoms with Gasteiger partial charge in [-0.2, -0.15) is 0 Å². The van der Waals surface area contributed by atoms with Crippen molar-refractivity contribution in [2.75, 3.05) is 0 Å².